The third-order valence-electron chi connectivity index (χ3n) is 12.4. The van der Waals surface area contributed by atoms with Crippen LogP contribution in [0.4, 0.5) is 0 Å². The summed E-state index contributed by atoms with van der Waals surface area (Å²) in [5, 5.41) is 3.60. The molecular weight excluding hydrogens is 627 g/mol. The van der Waals surface area contributed by atoms with Gasteiger partial charge in [-0.15, -0.1) is 0 Å². The van der Waals surface area contributed by atoms with E-state index < -0.39 is 0 Å². The Morgan fingerprint density at radius 2 is 1.02 bits per heavy atom. The number of piperidine rings is 1. The fourth-order valence-corrected chi connectivity index (χ4v) is 8.95. The Labute approximate surface area is 319 Å². The lowest BCUT2D eigenvalue weighted by atomic mass is 9.87. The van der Waals surface area contributed by atoms with Gasteiger partial charge in [-0.1, -0.05) is 181 Å². The number of likely N-dealkylation sites (tertiary alicyclic amines) is 1. The predicted molar refractivity (Wildman–Crippen MR) is 221 cm³/mol. The highest BCUT2D eigenvalue weighted by atomic mass is 16.2. The first kappa shape index (κ1) is 46.1. The molecule has 1 aliphatic carbocycles. The molecule has 0 bridgehead atoms. The molecule has 2 atom stereocenters. The summed E-state index contributed by atoms with van der Waals surface area (Å²) in [7, 11) is 2.23. The van der Waals surface area contributed by atoms with Crippen LogP contribution in [0.1, 0.15) is 239 Å². The zero-order valence-corrected chi connectivity index (χ0v) is 35.0. The number of rotatable bonds is 31. The fourth-order valence-electron chi connectivity index (χ4n) is 8.95. The smallest absolute Gasteiger partial charge is 0.243 e. The van der Waals surface area contributed by atoms with Gasteiger partial charge in [0, 0.05) is 18.5 Å². The van der Waals surface area contributed by atoms with Gasteiger partial charge in [-0.25, -0.2) is 0 Å². The molecule has 1 heterocycles. The number of nitrogens with one attached hydrogen (secondary N) is 1. The van der Waals surface area contributed by atoms with E-state index in [1.165, 1.54) is 154 Å². The Hall–Kier alpha value is -1.10. The molecule has 2 unspecified atom stereocenters. The molecule has 0 spiro atoms. The second-order valence-corrected chi connectivity index (χ2v) is 17.2. The summed E-state index contributed by atoms with van der Waals surface area (Å²) < 4.78 is 0. The van der Waals surface area contributed by atoms with E-state index in [2.05, 4.69) is 42.9 Å². The summed E-state index contributed by atoms with van der Waals surface area (Å²) in [5.74, 6) is 0.974. The molecular formula is C46H89N3O2. The highest BCUT2D eigenvalue weighted by Crippen LogP contribution is 2.30. The molecule has 1 saturated heterocycles. The van der Waals surface area contributed by atoms with Crippen LogP contribution in [0.25, 0.3) is 0 Å². The molecule has 2 fully saturated rings. The van der Waals surface area contributed by atoms with E-state index in [0.29, 0.717) is 12.3 Å². The van der Waals surface area contributed by atoms with Crippen molar-refractivity contribution in [1.29, 1.82) is 0 Å². The standard InChI is InChI=1S/C46H89N3O2/c1-5-8-11-14-17-19-22-29-34-43(33-28-21-16-13-10-7-3)49(45(50)35-30-23-20-18-15-12-9-6-2)44(40-41-36-38-48(4)39-37-41)46(51)47-42-31-26-24-25-27-32-42/h41-44H,5-40H2,1-4H3,(H,47,51). The van der Waals surface area contributed by atoms with Crippen LogP contribution < -0.4 is 5.32 Å². The average molecular weight is 716 g/mol. The number of hydrogen-bond acceptors (Lipinski definition) is 3. The molecule has 51 heavy (non-hydrogen) atoms. The molecule has 0 aromatic heterocycles. The molecule has 1 saturated carbocycles. The number of carbonyl (C=O) groups is 2. The molecule has 2 rings (SSSR count). The zero-order chi connectivity index (χ0) is 36.8. The highest BCUT2D eigenvalue weighted by Gasteiger charge is 2.37. The van der Waals surface area contributed by atoms with Gasteiger partial charge in [0.15, 0.2) is 0 Å². The van der Waals surface area contributed by atoms with Gasteiger partial charge in [-0.05, 0) is 77.4 Å². The predicted octanol–water partition coefficient (Wildman–Crippen LogP) is 12.9. The van der Waals surface area contributed by atoms with Crippen LogP contribution in [0.3, 0.4) is 0 Å². The first-order valence-electron chi connectivity index (χ1n) is 23.3. The second kappa shape index (κ2) is 31.3. The minimum absolute atomic E-state index is 0.175. The van der Waals surface area contributed by atoms with E-state index >= 15 is 0 Å². The molecule has 300 valence electrons. The van der Waals surface area contributed by atoms with Crippen LogP contribution in [-0.4, -0.2) is 59.9 Å². The number of amides is 2. The molecule has 5 heteroatoms. The van der Waals surface area contributed by atoms with Crippen LogP contribution in [0, 0.1) is 5.92 Å². The Kier molecular flexibility index (Phi) is 28.2. The Bertz CT molecular complexity index is 817. The molecule has 2 amide bonds. The molecule has 2 aliphatic rings. The van der Waals surface area contributed by atoms with Gasteiger partial charge in [0.05, 0.1) is 0 Å². The number of nitrogens with zero attached hydrogens (tertiary/aromatic N) is 2. The van der Waals surface area contributed by atoms with E-state index in [9.17, 15) is 9.59 Å². The lowest BCUT2D eigenvalue weighted by Crippen LogP contribution is -2.56. The van der Waals surface area contributed by atoms with Crippen molar-refractivity contribution >= 4 is 11.8 Å². The van der Waals surface area contributed by atoms with Gasteiger partial charge in [0.25, 0.3) is 0 Å². The summed E-state index contributed by atoms with van der Waals surface area (Å²) in [5.41, 5.74) is 0. The summed E-state index contributed by atoms with van der Waals surface area (Å²) in [4.78, 5) is 34.0. The fraction of sp³-hybridized carbons (Fsp3) is 0.957. The largest absolute Gasteiger partial charge is 0.352 e. The van der Waals surface area contributed by atoms with Gasteiger partial charge in [-0.3, -0.25) is 9.59 Å². The summed E-state index contributed by atoms with van der Waals surface area (Å²) in [6, 6.07) is 0.144. The summed E-state index contributed by atoms with van der Waals surface area (Å²) in [6.07, 6.45) is 41.1. The van der Waals surface area contributed by atoms with Crippen LogP contribution >= 0.6 is 0 Å². The molecule has 1 N–H and O–H groups in total. The molecule has 5 nitrogen and oxygen atoms in total. The first-order chi connectivity index (χ1) is 25.0. The molecule has 0 aromatic carbocycles. The molecule has 1 aliphatic heterocycles. The Morgan fingerprint density at radius 1 is 0.588 bits per heavy atom. The van der Waals surface area contributed by atoms with Gasteiger partial charge < -0.3 is 15.1 Å². The Morgan fingerprint density at radius 3 is 1.49 bits per heavy atom. The first-order valence-corrected chi connectivity index (χ1v) is 23.3. The van der Waals surface area contributed by atoms with Crippen molar-refractivity contribution in [3.05, 3.63) is 0 Å². The summed E-state index contributed by atoms with van der Waals surface area (Å²) in [6.45, 7) is 9.08. The minimum Gasteiger partial charge on any atom is -0.352 e. The van der Waals surface area contributed by atoms with Gasteiger partial charge in [0.1, 0.15) is 6.04 Å². The van der Waals surface area contributed by atoms with Crippen LogP contribution in [0.5, 0.6) is 0 Å². The lowest BCUT2D eigenvalue weighted by Gasteiger charge is -2.41. The maximum Gasteiger partial charge on any atom is 0.243 e. The topological polar surface area (TPSA) is 52.7 Å². The third kappa shape index (κ3) is 22.0. The second-order valence-electron chi connectivity index (χ2n) is 17.2. The van der Waals surface area contributed by atoms with E-state index in [1.54, 1.807) is 0 Å². The van der Waals surface area contributed by atoms with E-state index in [1.807, 2.05) is 0 Å². The Balaban J connectivity index is 2.27. The van der Waals surface area contributed by atoms with E-state index in [0.717, 1.165) is 70.9 Å². The maximum atomic E-state index is 14.7. The molecule has 0 radical (unpaired) electrons. The quantitative estimate of drug-likeness (QED) is 0.0574. The van der Waals surface area contributed by atoms with Gasteiger partial charge in [-0.2, -0.15) is 0 Å². The van der Waals surface area contributed by atoms with E-state index in [4.69, 9.17) is 0 Å². The maximum absolute atomic E-state index is 14.7. The molecule has 0 aromatic rings. The minimum atomic E-state index is -0.317. The van der Waals surface area contributed by atoms with Crippen LogP contribution in [0.15, 0.2) is 0 Å². The number of hydrogen-bond donors (Lipinski definition) is 1. The van der Waals surface area contributed by atoms with E-state index in [-0.39, 0.29) is 29.9 Å². The van der Waals surface area contributed by atoms with Crippen molar-refractivity contribution in [1.82, 2.24) is 15.1 Å². The zero-order valence-electron chi connectivity index (χ0n) is 35.0. The van der Waals surface area contributed by atoms with Crippen molar-refractivity contribution in [2.75, 3.05) is 20.1 Å². The SMILES string of the molecule is CCCCCCCCCCC(=O)N(C(CCCCCCCC)CCCCCCCCCC)C(CC1CCN(C)CC1)C(=O)NC1CCCCCC1. The number of carbonyl (C=O) groups excluding carboxylic acids is 2. The lowest BCUT2D eigenvalue weighted by molar-refractivity contribution is -0.145. The third-order valence-corrected chi connectivity index (χ3v) is 12.4. The average Bonchev–Trinajstić information content (AvgIpc) is 3.40. The number of unbranched alkanes of at least 4 members (excludes halogenated alkanes) is 19. The van der Waals surface area contributed by atoms with Gasteiger partial charge in [0.2, 0.25) is 11.8 Å². The van der Waals surface area contributed by atoms with Gasteiger partial charge >= 0.3 is 0 Å². The van der Waals surface area contributed by atoms with Crippen molar-refractivity contribution in [3.63, 3.8) is 0 Å². The van der Waals surface area contributed by atoms with Crippen LogP contribution in [-0.2, 0) is 9.59 Å². The van der Waals surface area contributed by atoms with Crippen LogP contribution in [0.2, 0.25) is 0 Å². The van der Waals surface area contributed by atoms with Crippen molar-refractivity contribution < 1.29 is 9.59 Å². The summed E-state index contributed by atoms with van der Waals surface area (Å²) >= 11 is 0. The van der Waals surface area contributed by atoms with Crippen molar-refractivity contribution in [2.24, 2.45) is 5.92 Å². The monoisotopic (exact) mass is 716 g/mol. The van der Waals surface area contributed by atoms with Crippen molar-refractivity contribution in [3.8, 4) is 0 Å². The highest BCUT2D eigenvalue weighted by molar-refractivity contribution is 5.88. The normalized spacial score (nSPS) is 17.6. The van der Waals surface area contributed by atoms with Crippen molar-refractivity contribution in [2.45, 2.75) is 257 Å².